The molecule has 6 nitrogen and oxygen atoms in total. The highest BCUT2D eigenvalue weighted by atomic mass is 16.5. The van der Waals surface area contributed by atoms with Crippen LogP contribution in [0.5, 0.6) is 5.75 Å². The summed E-state index contributed by atoms with van der Waals surface area (Å²) in [5.74, 6) is 0.344. The normalized spacial score (nSPS) is 16.2. The van der Waals surface area contributed by atoms with Crippen molar-refractivity contribution >= 4 is 34.3 Å². The van der Waals surface area contributed by atoms with E-state index in [0.717, 1.165) is 45.5 Å². The van der Waals surface area contributed by atoms with Crippen molar-refractivity contribution in [3.63, 3.8) is 0 Å². The molecule has 0 radical (unpaired) electrons. The fraction of sp³-hybridized carbons (Fsp3) is 0.207. The SMILES string of the molecule is COc1ccc(C=C2CC(C)Cc3c2nc2ccccc2c3C(=O)OCC(=O)c2ccc[nH]2)cc1. The molecule has 2 heterocycles. The molecule has 4 aromatic rings. The Labute approximate surface area is 203 Å². The Kier molecular flexibility index (Phi) is 6.19. The van der Waals surface area contributed by atoms with Crippen LogP contribution in [-0.2, 0) is 11.2 Å². The third-order valence-electron chi connectivity index (χ3n) is 6.31. The van der Waals surface area contributed by atoms with Gasteiger partial charge in [-0.25, -0.2) is 9.78 Å². The molecule has 0 spiro atoms. The topological polar surface area (TPSA) is 81.3 Å². The van der Waals surface area contributed by atoms with Gasteiger partial charge in [0.25, 0.3) is 0 Å². The average Bonchev–Trinajstić information content (AvgIpc) is 3.42. The number of Topliss-reactive ketones (excluding diaryl/α,β-unsaturated/α-hetero) is 1. The van der Waals surface area contributed by atoms with E-state index in [0.29, 0.717) is 23.6 Å². The number of aromatic amines is 1. The quantitative estimate of drug-likeness (QED) is 0.290. The maximum absolute atomic E-state index is 13.4. The molecule has 0 bridgehead atoms. The van der Waals surface area contributed by atoms with Crippen molar-refractivity contribution in [1.82, 2.24) is 9.97 Å². The van der Waals surface area contributed by atoms with Gasteiger partial charge in [-0.05, 0) is 71.9 Å². The summed E-state index contributed by atoms with van der Waals surface area (Å²) in [4.78, 5) is 33.6. The number of H-pyrrole nitrogens is 1. The van der Waals surface area contributed by atoms with E-state index in [2.05, 4.69) is 18.0 Å². The molecule has 0 saturated carbocycles. The Balaban J connectivity index is 1.56. The Morgan fingerprint density at radius 3 is 2.60 bits per heavy atom. The minimum absolute atomic E-state index is 0.274. The molecule has 1 atom stereocenters. The number of ether oxygens (including phenoxy) is 2. The molecule has 0 amide bonds. The van der Waals surface area contributed by atoms with Crippen LogP contribution in [0.15, 0.2) is 66.9 Å². The van der Waals surface area contributed by atoms with Crippen molar-refractivity contribution in [1.29, 1.82) is 0 Å². The fourth-order valence-electron chi connectivity index (χ4n) is 4.66. The largest absolute Gasteiger partial charge is 0.497 e. The highest BCUT2D eigenvalue weighted by Gasteiger charge is 2.29. The number of nitrogens with one attached hydrogen (secondary N) is 1. The van der Waals surface area contributed by atoms with Gasteiger partial charge < -0.3 is 14.5 Å². The van der Waals surface area contributed by atoms with Gasteiger partial charge in [-0.1, -0.05) is 37.3 Å². The van der Waals surface area contributed by atoms with E-state index in [4.69, 9.17) is 14.5 Å². The fourth-order valence-corrected chi connectivity index (χ4v) is 4.66. The number of ketones is 1. The zero-order chi connectivity index (χ0) is 24.4. The Hall–Kier alpha value is -4.19. The zero-order valence-electron chi connectivity index (χ0n) is 19.7. The first-order valence-corrected chi connectivity index (χ1v) is 11.6. The van der Waals surface area contributed by atoms with Crippen LogP contribution in [-0.4, -0.2) is 35.4 Å². The number of fused-ring (bicyclic) bond motifs is 2. The van der Waals surface area contributed by atoms with Gasteiger partial charge >= 0.3 is 5.97 Å². The highest BCUT2D eigenvalue weighted by Crippen LogP contribution is 2.38. The van der Waals surface area contributed by atoms with Gasteiger partial charge in [0, 0.05) is 11.6 Å². The van der Waals surface area contributed by atoms with E-state index in [1.165, 1.54) is 0 Å². The molecule has 1 N–H and O–H groups in total. The summed E-state index contributed by atoms with van der Waals surface area (Å²) in [6, 6.07) is 18.9. The number of benzene rings is 2. The minimum Gasteiger partial charge on any atom is -0.497 e. The molecule has 1 aliphatic rings. The number of aromatic nitrogens is 2. The van der Waals surface area contributed by atoms with Crippen molar-refractivity contribution in [3.8, 4) is 5.75 Å². The van der Waals surface area contributed by atoms with Gasteiger partial charge in [-0.15, -0.1) is 0 Å². The van der Waals surface area contributed by atoms with Crippen LogP contribution in [0.4, 0.5) is 0 Å². The Bertz CT molecular complexity index is 1420. The molecule has 35 heavy (non-hydrogen) atoms. The van der Waals surface area contributed by atoms with Crippen LogP contribution in [0.2, 0.25) is 0 Å². The van der Waals surface area contributed by atoms with Crippen molar-refractivity contribution < 1.29 is 19.1 Å². The monoisotopic (exact) mass is 466 g/mol. The lowest BCUT2D eigenvalue weighted by atomic mass is 9.80. The Morgan fingerprint density at radius 1 is 1.06 bits per heavy atom. The first kappa shape index (κ1) is 22.6. The Morgan fingerprint density at radius 2 is 1.86 bits per heavy atom. The molecule has 0 fully saturated rings. The number of rotatable bonds is 6. The molecule has 2 aromatic heterocycles. The van der Waals surface area contributed by atoms with E-state index in [-0.39, 0.29) is 12.4 Å². The number of carbonyl (C=O) groups is 2. The van der Waals surface area contributed by atoms with Crippen LogP contribution in [0.3, 0.4) is 0 Å². The number of hydrogen-bond donors (Lipinski definition) is 1. The average molecular weight is 467 g/mol. The van der Waals surface area contributed by atoms with Crippen molar-refractivity contribution in [3.05, 3.63) is 94.9 Å². The second-order valence-electron chi connectivity index (χ2n) is 8.87. The van der Waals surface area contributed by atoms with E-state index in [9.17, 15) is 9.59 Å². The zero-order valence-corrected chi connectivity index (χ0v) is 19.7. The second-order valence-corrected chi connectivity index (χ2v) is 8.87. The molecule has 5 rings (SSSR count). The molecule has 6 heteroatoms. The van der Waals surface area contributed by atoms with Gasteiger partial charge in [-0.2, -0.15) is 0 Å². The number of allylic oxidation sites excluding steroid dienone is 1. The third-order valence-corrected chi connectivity index (χ3v) is 6.31. The lowest BCUT2D eigenvalue weighted by Crippen LogP contribution is -2.21. The molecule has 0 saturated heterocycles. The van der Waals surface area contributed by atoms with Gasteiger partial charge in [0.1, 0.15) is 5.75 Å². The van der Waals surface area contributed by atoms with Gasteiger partial charge in [0.05, 0.1) is 29.6 Å². The van der Waals surface area contributed by atoms with E-state index in [1.807, 2.05) is 48.5 Å². The number of esters is 1. The maximum Gasteiger partial charge on any atom is 0.339 e. The summed E-state index contributed by atoms with van der Waals surface area (Å²) < 4.78 is 10.8. The summed E-state index contributed by atoms with van der Waals surface area (Å²) in [5, 5.41) is 0.737. The first-order valence-electron chi connectivity index (χ1n) is 11.6. The number of para-hydroxylation sites is 1. The molecular formula is C29H26N2O4. The van der Waals surface area contributed by atoms with Crippen LogP contribution in [0, 0.1) is 5.92 Å². The predicted molar refractivity (Wildman–Crippen MR) is 135 cm³/mol. The first-order chi connectivity index (χ1) is 17.0. The van der Waals surface area contributed by atoms with Gasteiger partial charge in [0.2, 0.25) is 5.78 Å². The van der Waals surface area contributed by atoms with Crippen molar-refractivity contribution in [2.75, 3.05) is 13.7 Å². The summed E-state index contributed by atoms with van der Waals surface area (Å²) in [5.41, 5.74) is 5.45. The molecule has 1 aliphatic carbocycles. The van der Waals surface area contributed by atoms with E-state index in [1.54, 1.807) is 25.4 Å². The lowest BCUT2D eigenvalue weighted by molar-refractivity contribution is 0.0474. The maximum atomic E-state index is 13.4. The van der Waals surface area contributed by atoms with Crippen molar-refractivity contribution in [2.24, 2.45) is 5.92 Å². The smallest absolute Gasteiger partial charge is 0.339 e. The molecular weight excluding hydrogens is 440 g/mol. The van der Waals surface area contributed by atoms with Crippen LogP contribution >= 0.6 is 0 Å². The summed E-state index contributed by atoms with van der Waals surface area (Å²) in [6.07, 6.45) is 5.35. The van der Waals surface area contributed by atoms with Crippen LogP contribution < -0.4 is 4.74 Å². The predicted octanol–water partition coefficient (Wildman–Crippen LogP) is 5.73. The number of methoxy groups -OCH3 is 1. The van der Waals surface area contributed by atoms with Gasteiger partial charge in [0.15, 0.2) is 6.61 Å². The third kappa shape index (κ3) is 4.60. The molecule has 176 valence electrons. The van der Waals surface area contributed by atoms with Crippen molar-refractivity contribution in [2.45, 2.75) is 19.8 Å². The van der Waals surface area contributed by atoms with Crippen LogP contribution in [0.25, 0.3) is 22.6 Å². The van der Waals surface area contributed by atoms with E-state index >= 15 is 0 Å². The summed E-state index contributed by atoms with van der Waals surface area (Å²) in [6.45, 7) is 1.85. The number of pyridine rings is 1. The highest BCUT2D eigenvalue weighted by molar-refractivity contribution is 6.07. The molecule has 0 aliphatic heterocycles. The second kappa shape index (κ2) is 9.58. The van der Waals surface area contributed by atoms with E-state index < -0.39 is 5.97 Å². The summed E-state index contributed by atoms with van der Waals surface area (Å²) >= 11 is 0. The lowest BCUT2D eigenvalue weighted by Gasteiger charge is -2.26. The number of nitrogens with zero attached hydrogens (tertiary/aromatic N) is 1. The van der Waals surface area contributed by atoms with Crippen LogP contribution in [0.1, 0.15) is 51.0 Å². The number of hydrogen-bond acceptors (Lipinski definition) is 5. The molecule has 1 unspecified atom stereocenters. The minimum atomic E-state index is -0.502. The standard InChI is InChI=1S/C29H26N2O4/c1-18-14-20(16-19-9-11-21(34-2)12-10-19)28-23(15-18)27(22-6-3-4-7-24(22)31-28)29(33)35-17-26(32)25-8-5-13-30-25/h3-13,16,18,30H,14-15,17H2,1-2H3. The number of carbonyl (C=O) groups excluding carboxylic acids is 2. The summed E-state index contributed by atoms with van der Waals surface area (Å²) in [7, 11) is 1.65. The molecule has 2 aromatic carbocycles. The van der Waals surface area contributed by atoms with Gasteiger partial charge in [-0.3, -0.25) is 4.79 Å².